The molecule has 0 aromatic heterocycles. The van der Waals surface area contributed by atoms with Crippen molar-refractivity contribution in [2.75, 3.05) is 37.1 Å². The minimum absolute atomic E-state index is 0.102. The second-order valence-corrected chi connectivity index (χ2v) is 9.08. The van der Waals surface area contributed by atoms with Crippen molar-refractivity contribution in [1.29, 1.82) is 0 Å². The van der Waals surface area contributed by atoms with E-state index in [-0.39, 0.29) is 17.7 Å². The molecule has 0 radical (unpaired) electrons. The van der Waals surface area contributed by atoms with E-state index >= 15 is 0 Å². The molecule has 6 nitrogen and oxygen atoms in total. The van der Waals surface area contributed by atoms with Crippen molar-refractivity contribution in [3.63, 3.8) is 0 Å². The van der Waals surface area contributed by atoms with Crippen molar-refractivity contribution in [3.8, 4) is 11.5 Å². The summed E-state index contributed by atoms with van der Waals surface area (Å²) in [7, 11) is 3.29. The second kappa shape index (κ2) is 10.3. The first-order valence-electron chi connectivity index (χ1n) is 12.0. The van der Waals surface area contributed by atoms with Crippen LogP contribution in [-0.2, 0) is 22.4 Å². The first-order chi connectivity index (χ1) is 16.0. The molecule has 2 aromatic rings. The van der Waals surface area contributed by atoms with E-state index in [9.17, 15) is 9.59 Å². The zero-order chi connectivity index (χ0) is 23.4. The number of hydrogen-bond donors (Lipinski definition) is 0. The Morgan fingerprint density at radius 3 is 1.88 bits per heavy atom. The number of ether oxygens (including phenoxy) is 2. The van der Waals surface area contributed by atoms with E-state index in [4.69, 9.17) is 9.47 Å². The van der Waals surface area contributed by atoms with Gasteiger partial charge in [0.15, 0.2) is 0 Å². The predicted octanol–water partition coefficient (Wildman–Crippen LogP) is 4.77. The lowest BCUT2D eigenvalue weighted by Gasteiger charge is -2.32. The van der Waals surface area contributed by atoms with Gasteiger partial charge < -0.3 is 19.3 Å². The third-order valence-corrected chi connectivity index (χ3v) is 6.78. The number of amides is 2. The predicted molar refractivity (Wildman–Crippen MR) is 130 cm³/mol. The van der Waals surface area contributed by atoms with Gasteiger partial charge in [-0.1, -0.05) is 31.2 Å². The minimum Gasteiger partial charge on any atom is -0.495 e. The highest BCUT2D eigenvalue weighted by Crippen LogP contribution is 2.38. The maximum Gasteiger partial charge on any atom is 0.227 e. The molecule has 0 N–H and O–H groups in total. The van der Waals surface area contributed by atoms with Gasteiger partial charge in [-0.05, 0) is 61.3 Å². The Balaban J connectivity index is 1.38. The minimum atomic E-state index is 0.102. The monoisotopic (exact) mass is 450 g/mol. The molecule has 2 aromatic carbocycles. The lowest BCUT2D eigenvalue weighted by atomic mass is 9.96. The topological polar surface area (TPSA) is 59.1 Å². The van der Waals surface area contributed by atoms with Crippen LogP contribution in [0, 0.1) is 5.92 Å². The van der Waals surface area contributed by atoms with E-state index in [1.807, 2.05) is 34.1 Å². The molecule has 0 saturated heterocycles. The lowest BCUT2D eigenvalue weighted by Crippen LogP contribution is -2.37. The number of nitrogens with zero attached hydrogens (tertiary/aromatic N) is 2. The molecule has 0 saturated carbocycles. The molecule has 1 atom stereocenters. The van der Waals surface area contributed by atoms with Gasteiger partial charge >= 0.3 is 0 Å². The zero-order valence-corrected chi connectivity index (χ0v) is 19.9. The third-order valence-electron chi connectivity index (χ3n) is 6.78. The Hall–Kier alpha value is -3.02. The maximum absolute atomic E-state index is 13.2. The van der Waals surface area contributed by atoms with E-state index < -0.39 is 0 Å². The van der Waals surface area contributed by atoms with Crippen LogP contribution in [0.1, 0.15) is 50.2 Å². The Morgan fingerprint density at radius 1 is 0.848 bits per heavy atom. The van der Waals surface area contributed by atoms with Gasteiger partial charge in [0.25, 0.3) is 0 Å². The average molecular weight is 451 g/mol. The largest absolute Gasteiger partial charge is 0.495 e. The van der Waals surface area contributed by atoms with Gasteiger partial charge in [-0.2, -0.15) is 0 Å². The molecule has 2 amide bonds. The molecule has 2 heterocycles. The lowest BCUT2D eigenvalue weighted by molar-refractivity contribution is -0.121. The zero-order valence-electron chi connectivity index (χ0n) is 19.9. The Labute approximate surface area is 196 Å². The summed E-state index contributed by atoms with van der Waals surface area (Å²) in [6, 6.07) is 11.9. The van der Waals surface area contributed by atoms with Gasteiger partial charge in [0, 0.05) is 25.9 Å². The fourth-order valence-corrected chi connectivity index (χ4v) is 5.07. The summed E-state index contributed by atoms with van der Waals surface area (Å²) in [5.41, 5.74) is 4.15. The summed E-state index contributed by atoms with van der Waals surface area (Å²) >= 11 is 0. The highest BCUT2D eigenvalue weighted by atomic mass is 16.5. The highest BCUT2D eigenvalue weighted by Gasteiger charge is 2.28. The van der Waals surface area contributed by atoms with Crippen LogP contribution >= 0.6 is 0 Å². The summed E-state index contributed by atoms with van der Waals surface area (Å²) < 4.78 is 11.1. The van der Waals surface area contributed by atoms with Crippen LogP contribution in [0.3, 0.4) is 0 Å². The molecule has 0 spiro atoms. The normalized spacial score (nSPS) is 16.0. The number of carbonyl (C=O) groups excluding carboxylic acids is 2. The second-order valence-electron chi connectivity index (χ2n) is 9.08. The van der Waals surface area contributed by atoms with Crippen LogP contribution in [-0.4, -0.2) is 39.1 Å². The van der Waals surface area contributed by atoms with E-state index in [0.29, 0.717) is 32.4 Å². The molecule has 0 fully saturated rings. The number of methoxy groups -OCH3 is 2. The van der Waals surface area contributed by atoms with Crippen molar-refractivity contribution >= 4 is 23.2 Å². The molecule has 0 bridgehead atoms. The van der Waals surface area contributed by atoms with E-state index in [2.05, 4.69) is 19.1 Å². The number of rotatable bonds is 7. The van der Waals surface area contributed by atoms with Crippen molar-refractivity contribution in [3.05, 3.63) is 47.5 Å². The molecular formula is C27H34N2O4. The van der Waals surface area contributed by atoms with Crippen LogP contribution in [0.25, 0.3) is 0 Å². The summed E-state index contributed by atoms with van der Waals surface area (Å²) in [6.45, 7) is 3.48. The number of benzene rings is 2. The van der Waals surface area contributed by atoms with Crippen molar-refractivity contribution in [2.24, 2.45) is 5.92 Å². The van der Waals surface area contributed by atoms with Crippen LogP contribution < -0.4 is 19.3 Å². The fourth-order valence-electron chi connectivity index (χ4n) is 5.07. The maximum atomic E-state index is 13.2. The van der Waals surface area contributed by atoms with E-state index in [0.717, 1.165) is 59.7 Å². The molecule has 1 unspecified atom stereocenters. The number of para-hydroxylation sites is 2. The molecular weight excluding hydrogens is 416 g/mol. The van der Waals surface area contributed by atoms with Crippen molar-refractivity contribution in [1.82, 2.24) is 0 Å². The Kier molecular flexibility index (Phi) is 7.21. The first-order valence-corrected chi connectivity index (χ1v) is 12.0. The summed E-state index contributed by atoms with van der Waals surface area (Å²) in [4.78, 5) is 30.1. The SMILES string of the molecule is COc1cccc2c1N(C(=O)CCC(C)CC(=O)N1CCCc3cccc(OC)c31)CCC2. The van der Waals surface area contributed by atoms with Gasteiger partial charge in [-0.25, -0.2) is 0 Å². The number of aryl methyl sites for hydroxylation is 2. The number of hydrogen-bond acceptors (Lipinski definition) is 4. The molecule has 33 heavy (non-hydrogen) atoms. The first kappa shape index (κ1) is 23.1. The Morgan fingerprint density at radius 2 is 1.36 bits per heavy atom. The van der Waals surface area contributed by atoms with Gasteiger partial charge in [-0.3, -0.25) is 9.59 Å². The molecule has 2 aliphatic rings. The third kappa shape index (κ3) is 4.85. The smallest absolute Gasteiger partial charge is 0.227 e. The van der Waals surface area contributed by atoms with Crippen LogP contribution in [0.2, 0.25) is 0 Å². The number of fused-ring (bicyclic) bond motifs is 2. The highest BCUT2D eigenvalue weighted by molar-refractivity contribution is 5.97. The van der Waals surface area contributed by atoms with Crippen LogP contribution in [0.4, 0.5) is 11.4 Å². The van der Waals surface area contributed by atoms with Gasteiger partial charge in [0.05, 0.1) is 25.6 Å². The van der Waals surface area contributed by atoms with E-state index in [1.54, 1.807) is 14.2 Å². The van der Waals surface area contributed by atoms with Crippen LogP contribution in [0.15, 0.2) is 36.4 Å². The fraction of sp³-hybridized carbons (Fsp3) is 0.481. The molecule has 6 heteroatoms. The molecule has 0 aliphatic carbocycles. The van der Waals surface area contributed by atoms with Gasteiger partial charge in [-0.15, -0.1) is 0 Å². The van der Waals surface area contributed by atoms with Gasteiger partial charge in [0.1, 0.15) is 11.5 Å². The number of carbonyl (C=O) groups is 2. The van der Waals surface area contributed by atoms with Gasteiger partial charge in [0.2, 0.25) is 11.8 Å². The van der Waals surface area contributed by atoms with Crippen molar-refractivity contribution in [2.45, 2.75) is 51.9 Å². The molecule has 176 valence electrons. The molecule has 2 aliphatic heterocycles. The average Bonchev–Trinajstić information content (AvgIpc) is 2.85. The summed E-state index contributed by atoms with van der Waals surface area (Å²) in [5.74, 6) is 1.82. The van der Waals surface area contributed by atoms with Crippen molar-refractivity contribution < 1.29 is 19.1 Å². The quantitative estimate of drug-likeness (QED) is 0.610. The standard InChI is InChI=1S/C27H34N2O4/c1-19(18-25(31)29-17-7-11-21-9-5-13-23(33-3)27(21)29)14-15-24(30)28-16-6-10-20-8-4-12-22(32-2)26(20)28/h4-5,8-9,12-13,19H,6-7,10-11,14-18H2,1-3H3. The Bertz CT molecular complexity index is 991. The van der Waals surface area contributed by atoms with E-state index in [1.165, 1.54) is 0 Å². The molecule has 4 rings (SSSR count). The summed E-state index contributed by atoms with van der Waals surface area (Å²) in [5, 5.41) is 0. The number of anilines is 2. The van der Waals surface area contributed by atoms with Crippen LogP contribution in [0.5, 0.6) is 11.5 Å². The summed E-state index contributed by atoms with van der Waals surface area (Å²) in [6.07, 6.45) is 5.35.